The Balaban J connectivity index is 1.85. The quantitative estimate of drug-likeness (QED) is 0.734. The van der Waals surface area contributed by atoms with Crippen LogP contribution in [-0.4, -0.2) is 12.2 Å². The molecule has 2 aliphatic rings. The standard InChI is InChI=1S/C18H18BrNO2/c1-18(2)15-11-21-16-9-8-12(19)10-14(16)17(15)20(22-18)13-6-4-3-5-7-13/h3-10,15,17H,11H2,1-2H3/t15-,17+/m1/s1. The fourth-order valence-corrected chi connectivity index (χ4v) is 3.78. The monoisotopic (exact) mass is 359 g/mol. The molecule has 4 rings (SSSR count). The van der Waals surface area contributed by atoms with E-state index in [1.165, 1.54) is 5.56 Å². The summed E-state index contributed by atoms with van der Waals surface area (Å²) < 4.78 is 7.05. The average Bonchev–Trinajstić information content (AvgIpc) is 2.80. The van der Waals surface area contributed by atoms with Crippen LogP contribution >= 0.6 is 15.9 Å². The van der Waals surface area contributed by atoms with Crippen molar-refractivity contribution in [1.29, 1.82) is 0 Å². The largest absolute Gasteiger partial charge is 0.493 e. The van der Waals surface area contributed by atoms with Gasteiger partial charge >= 0.3 is 0 Å². The van der Waals surface area contributed by atoms with Gasteiger partial charge in [-0.1, -0.05) is 34.1 Å². The number of halogens is 1. The highest BCUT2D eigenvalue weighted by atomic mass is 79.9. The number of ether oxygens (including phenoxy) is 1. The first-order chi connectivity index (χ1) is 10.6. The third kappa shape index (κ3) is 2.13. The number of nitrogens with zero attached hydrogens (tertiary/aromatic N) is 1. The zero-order valence-corrected chi connectivity index (χ0v) is 14.2. The summed E-state index contributed by atoms with van der Waals surface area (Å²) in [5.41, 5.74) is 2.00. The second kappa shape index (κ2) is 5.00. The number of hydroxylamine groups is 1. The highest BCUT2D eigenvalue weighted by Gasteiger charge is 2.52. The summed E-state index contributed by atoms with van der Waals surface area (Å²) in [5.74, 6) is 1.24. The fourth-order valence-electron chi connectivity index (χ4n) is 3.41. The van der Waals surface area contributed by atoms with E-state index in [2.05, 4.69) is 53.0 Å². The van der Waals surface area contributed by atoms with Crippen molar-refractivity contribution in [2.45, 2.75) is 25.5 Å². The van der Waals surface area contributed by atoms with Crippen LogP contribution in [0, 0.1) is 5.92 Å². The number of fused-ring (bicyclic) bond motifs is 3. The van der Waals surface area contributed by atoms with Gasteiger partial charge in [0.2, 0.25) is 0 Å². The predicted molar refractivity (Wildman–Crippen MR) is 90.0 cm³/mol. The lowest BCUT2D eigenvalue weighted by Crippen LogP contribution is -2.36. The Kier molecular flexibility index (Phi) is 3.20. The van der Waals surface area contributed by atoms with Gasteiger partial charge in [-0.3, -0.25) is 4.84 Å². The molecule has 0 bridgehead atoms. The molecule has 0 aromatic heterocycles. The molecule has 114 valence electrons. The fraction of sp³-hybridized carbons (Fsp3) is 0.333. The maximum atomic E-state index is 6.32. The van der Waals surface area contributed by atoms with Crippen LogP contribution < -0.4 is 9.80 Å². The van der Waals surface area contributed by atoms with E-state index in [9.17, 15) is 0 Å². The van der Waals surface area contributed by atoms with E-state index in [1.807, 2.05) is 30.3 Å². The highest BCUT2D eigenvalue weighted by Crippen LogP contribution is 2.52. The molecule has 0 amide bonds. The van der Waals surface area contributed by atoms with Crippen molar-refractivity contribution in [2.24, 2.45) is 5.92 Å². The van der Waals surface area contributed by atoms with Gasteiger partial charge < -0.3 is 4.74 Å². The molecule has 0 spiro atoms. The minimum absolute atomic E-state index is 0.165. The van der Waals surface area contributed by atoms with Gasteiger partial charge in [-0.2, -0.15) is 0 Å². The number of hydrogen-bond donors (Lipinski definition) is 0. The SMILES string of the molecule is CC1(C)ON(c2ccccc2)[C@H]2c3cc(Br)ccc3OC[C@H]21. The van der Waals surface area contributed by atoms with Gasteiger partial charge in [0.1, 0.15) is 5.75 Å². The topological polar surface area (TPSA) is 21.7 Å². The molecular weight excluding hydrogens is 342 g/mol. The molecule has 2 atom stereocenters. The van der Waals surface area contributed by atoms with E-state index < -0.39 is 0 Å². The smallest absolute Gasteiger partial charge is 0.124 e. The molecule has 1 fully saturated rings. The van der Waals surface area contributed by atoms with E-state index in [4.69, 9.17) is 9.57 Å². The Morgan fingerprint density at radius 1 is 1.14 bits per heavy atom. The molecule has 22 heavy (non-hydrogen) atoms. The molecule has 0 unspecified atom stereocenters. The van der Waals surface area contributed by atoms with Crippen molar-refractivity contribution in [3.05, 3.63) is 58.6 Å². The minimum atomic E-state index is -0.263. The second-order valence-corrected chi connectivity index (χ2v) is 7.32. The van der Waals surface area contributed by atoms with Gasteiger partial charge in [0.05, 0.1) is 29.9 Å². The maximum Gasteiger partial charge on any atom is 0.124 e. The number of hydrogen-bond acceptors (Lipinski definition) is 3. The summed E-state index contributed by atoms with van der Waals surface area (Å²) in [4.78, 5) is 6.32. The molecule has 4 heteroatoms. The maximum absolute atomic E-state index is 6.32. The molecule has 3 nitrogen and oxygen atoms in total. The van der Waals surface area contributed by atoms with Crippen molar-refractivity contribution in [3.8, 4) is 5.75 Å². The van der Waals surface area contributed by atoms with Crippen LogP contribution in [0.1, 0.15) is 25.5 Å². The van der Waals surface area contributed by atoms with Gasteiger partial charge in [0, 0.05) is 10.0 Å². The van der Waals surface area contributed by atoms with Crippen LogP contribution in [0.15, 0.2) is 53.0 Å². The van der Waals surface area contributed by atoms with Gasteiger partial charge in [-0.05, 0) is 44.2 Å². The van der Waals surface area contributed by atoms with E-state index in [0.717, 1.165) is 15.9 Å². The predicted octanol–water partition coefficient (Wildman–Crippen LogP) is 4.73. The van der Waals surface area contributed by atoms with Crippen molar-refractivity contribution in [2.75, 3.05) is 11.7 Å². The minimum Gasteiger partial charge on any atom is -0.493 e. The molecule has 0 aliphatic carbocycles. The first-order valence-electron chi connectivity index (χ1n) is 7.52. The highest BCUT2D eigenvalue weighted by molar-refractivity contribution is 9.10. The van der Waals surface area contributed by atoms with Crippen molar-refractivity contribution in [3.63, 3.8) is 0 Å². The van der Waals surface area contributed by atoms with Crippen LogP contribution in [0.4, 0.5) is 5.69 Å². The molecule has 2 aromatic rings. The molecule has 2 heterocycles. The third-order valence-corrected chi connectivity index (χ3v) is 5.07. The molecule has 0 radical (unpaired) electrons. The zero-order valence-electron chi connectivity index (χ0n) is 12.6. The van der Waals surface area contributed by atoms with E-state index in [1.54, 1.807) is 0 Å². The Labute approximate surface area is 138 Å². The lowest BCUT2D eigenvalue weighted by molar-refractivity contribution is -0.0135. The Morgan fingerprint density at radius 3 is 2.68 bits per heavy atom. The zero-order chi connectivity index (χ0) is 15.3. The summed E-state index contributed by atoms with van der Waals surface area (Å²) in [6, 6.07) is 16.6. The normalized spacial score (nSPS) is 25.3. The number of rotatable bonds is 1. The Hall–Kier alpha value is -1.52. The Morgan fingerprint density at radius 2 is 1.91 bits per heavy atom. The van der Waals surface area contributed by atoms with Crippen molar-refractivity contribution in [1.82, 2.24) is 0 Å². The summed E-state index contributed by atoms with van der Waals surface area (Å²) in [6.07, 6.45) is 0. The van der Waals surface area contributed by atoms with E-state index in [-0.39, 0.29) is 17.6 Å². The lowest BCUT2D eigenvalue weighted by Gasteiger charge is -2.33. The van der Waals surface area contributed by atoms with Crippen LogP contribution in [0.2, 0.25) is 0 Å². The molecular formula is C18H18BrNO2. The third-order valence-electron chi connectivity index (χ3n) is 4.58. The molecule has 2 aliphatic heterocycles. The van der Waals surface area contributed by atoms with Crippen LogP contribution in [-0.2, 0) is 4.84 Å². The first kappa shape index (κ1) is 14.1. The van der Waals surface area contributed by atoms with Gasteiger partial charge in [0.25, 0.3) is 0 Å². The number of benzene rings is 2. The van der Waals surface area contributed by atoms with Gasteiger partial charge in [-0.25, -0.2) is 5.06 Å². The molecule has 1 saturated heterocycles. The molecule has 0 N–H and O–H groups in total. The van der Waals surface area contributed by atoms with Crippen molar-refractivity contribution < 1.29 is 9.57 Å². The summed E-state index contributed by atoms with van der Waals surface area (Å²) in [6.45, 7) is 4.95. The van der Waals surface area contributed by atoms with Crippen LogP contribution in [0.5, 0.6) is 5.75 Å². The van der Waals surface area contributed by atoms with Gasteiger partial charge in [-0.15, -0.1) is 0 Å². The van der Waals surface area contributed by atoms with Gasteiger partial charge in [0.15, 0.2) is 0 Å². The first-order valence-corrected chi connectivity index (χ1v) is 8.31. The van der Waals surface area contributed by atoms with E-state index in [0.29, 0.717) is 6.61 Å². The summed E-state index contributed by atoms with van der Waals surface area (Å²) >= 11 is 3.58. The number of anilines is 1. The second-order valence-electron chi connectivity index (χ2n) is 6.40. The van der Waals surface area contributed by atoms with Crippen LogP contribution in [0.3, 0.4) is 0 Å². The summed E-state index contributed by atoms with van der Waals surface area (Å²) in [7, 11) is 0. The van der Waals surface area contributed by atoms with E-state index >= 15 is 0 Å². The molecule has 0 saturated carbocycles. The lowest BCUT2D eigenvalue weighted by atomic mass is 9.81. The number of para-hydroxylation sites is 1. The summed E-state index contributed by atoms with van der Waals surface area (Å²) in [5, 5.41) is 2.05. The molecule has 2 aromatic carbocycles. The van der Waals surface area contributed by atoms with Crippen LogP contribution in [0.25, 0.3) is 0 Å². The van der Waals surface area contributed by atoms with Crippen molar-refractivity contribution >= 4 is 21.6 Å². The average molecular weight is 360 g/mol. The Bertz CT molecular complexity index is 701.